The summed E-state index contributed by atoms with van der Waals surface area (Å²) in [4.78, 5) is 26.4. The van der Waals surface area contributed by atoms with E-state index in [9.17, 15) is 14.7 Å². The van der Waals surface area contributed by atoms with Gasteiger partial charge < -0.3 is 9.84 Å². The number of carbonyl (C=O) groups excluding carboxylic acids is 2. The van der Waals surface area contributed by atoms with Crippen LogP contribution in [-0.4, -0.2) is 53.9 Å². The molecule has 0 saturated carbocycles. The monoisotopic (exact) mass is 504 g/mol. The molecule has 0 unspecified atom stereocenters. The molecule has 0 atom stereocenters. The quantitative estimate of drug-likeness (QED) is 0.348. The van der Waals surface area contributed by atoms with E-state index >= 15 is 0 Å². The standard InChI is InChI=1S/C22H21ClN4O4S2/c1-13(16-12-32-20(19(16)28)14-2-4-15(23)5-3-14)24-25-21(29)17-6-7-18(33-17)22(30)26-27-8-10-31-11-9-27/h2-7,12,28H,8-11H2,1H3,(H,25,29)(H,26,30). The third-order valence-electron chi connectivity index (χ3n) is 4.91. The lowest BCUT2D eigenvalue weighted by Gasteiger charge is -2.26. The van der Waals surface area contributed by atoms with E-state index in [2.05, 4.69) is 16.0 Å². The number of amides is 2. The van der Waals surface area contributed by atoms with E-state index in [1.54, 1.807) is 41.6 Å². The maximum Gasteiger partial charge on any atom is 0.281 e. The Morgan fingerprint density at radius 1 is 1.09 bits per heavy atom. The molecular formula is C22H21ClN4O4S2. The zero-order valence-corrected chi connectivity index (χ0v) is 20.0. The predicted molar refractivity (Wildman–Crippen MR) is 130 cm³/mol. The number of hydrogen-bond donors (Lipinski definition) is 3. The second-order valence-electron chi connectivity index (χ2n) is 7.18. The summed E-state index contributed by atoms with van der Waals surface area (Å²) in [6.07, 6.45) is 0. The first-order chi connectivity index (χ1) is 15.9. The number of aromatic hydroxyl groups is 1. The lowest BCUT2D eigenvalue weighted by molar-refractivity contribution is 0.0127. The van der Waals surface area contributed by atoms with Crippen molar-refractivity contribution >= 4 is 51.8 Å². The van der Waals surface area contributed by atoms with E-state index < -0.39 is 5.91 Å². The van der Waals surface area contributed by atoms with Gasteiger partial charge in [0.2, 0.25) is 0 Å². The summed E-state index contributed by atoms with van der Waals surface area (Å²) in [5.41, 5.74) is 7.13. The maximum absolute atomic E-state index is 12.5. The molecule has 1 aliphatic heterocycles. The van der Waals surface area contributed by atoms with Crippen molar-refractivity contribution in [1.29, 1.82) is 0 Å². The number of rotatable bonds is 6. The van der Waals surface area contributed by atoms with Crippen LogP contribution < -0.4 is 10.9 Å². The average molecular weight is 505 g/mol. The number of halogens is 1. The minimum absolute atomic E-state index is 0.0935. The van der Waals surface area contributed by atoms with Crippen molar-refractivity contribution in [3.63, 3.8) is 0 Å². The molecule has 1 aromatic carbocycles. The summed E-state index contributed by atoms with van der Waals surface area (Å²) in [6.45, 7) is 4.07. The molecule has 1 fully saturated rings. The van der Waals surface area contributed by atoms with E-state index in [0.29, 0.717) is 57.2 Å². The Hall–Kier alpha value is -2.76. The van der Waals surface area contributed by atoms with Crippen molar-refractivity contribution in [2.45, 2.75) is 6.92 Å². The highest BCUT2D eigenvalue weighted by Gasteiger charge is 2.18. The fourth-order valence-corrected chi connectivity index (χ4v) is 5.04. The molecule has 0 radical (unpaired) electrons. The molecular weight excluding hydrogens is 484 g/mol. The summed E-state index contributed by atoms with van der Waals surface area (Å²) in [5.74, 6) is -0.605. The highest BCUT2D eigenvalue weighted by Crippen LogP contribution is 2.39. The van der Waals surface area contributed by atoms with E-state index in [-0.39, 0.29) is 11.7 Å². The minimum atomic E-state index is -0.433. The van der Waals surface area contributed by atoms with Crippen molar-refractivity contribution in [3.8, 4) is 16.2 Å². The highest BCUT2D eigenvalue weighted by atomic mass is 35.5. The van der Waals surface area contributed by atoms with Gasteiger partial charge in [-0.1, -0.05) is 23.7 Å². The van der Waals surface area contributed by atoms with E-state index in [1.807, 2.05) is 12.1 Å². The fraction of sp³-hybridized carbons (Fsp3) is 0.227. The number of ether oxygens (including phenoxy) is 1. The molecule has 0 bridgehead atoms. The second-order valence-corrected chi connectivity index (χ2v) is 9.58. The lowest BCUT2D eigenvalue weighted by atomic mass is 10.1. The van der Waals surface area contributed by atoms with Crippen LogP contribution in [0.3, 0.4) is 0 Å². The van der Waals surface area contributed by atoms with Crippen molar-refractivity contribution in [3.05, 3.63) is 62.1 Å². The van der Waals surface area contributed by atoms with E-state index in [4.69, 9.17) is 16.3 Å². The molecule has 11 heteroatoms. The van der Waals surface area contributed by atoms with Crippen LogP contribution in [0.25, 0.3) is 10.4 Å². The Morgan fingerprint density at radius 2 is 1.76 bits per heavy atom. The lowest BCUT2D eigenvalue weighted by Crippen LogP contribution is -2.48. The van der Waals surface area contributed by atoms with Gasteiger partial charge in [-0.3, -0.25) is 15.0 Å². The number of hydrazone groups is 1. The number of hydrogen-bond acceptors (Lipinski definition) is 8. The average Bonchev–Trinajstić information content (AvgIpc) is 3.46. The van der Waals surface area contributed by atoms with Gasteiger partial charge >= 0.3 is 0 Å². The molecule has 1 aliphatic rings. The Balaban J connectivity index is 1.39. The molecule has 172 valence electrons. The molecule has 1 saturated heterocycles. The molecule has 2 amide bonds. The minimum Gasteiger partial charge on any atom is -0.506 e. The fourth-order valence-electron chi connectivity index (χ4n) is 3.12. The number of thiophene rings is 2. The first kappa shape index (κ1) is 23.4. The van der Waals surface area contributed by atoms with Gasteiger partial charge in [-0.15, -0.1) is 22.7 Å². The summed E-state index contributed by atoms with van der Waals surface area (Å²) in [7, 11) is 0. The SMILES string of the molecule is CC(=NNC(=O)c1ccc(C(=O)NN2CCOCC2)s1)c1csc(-c2ccc(Cl)cc2)c1O. The van der Waals surface area contributed by atoms with Gasteiger partial charge in [-0.05, 0) is 36.8 Å². The van der Waals surface area contributed by atoms with Gasteiger partial charge in [0.25, 0.3) is 11.8 Å². The summed E-state index contributed by atoms with van der Waals surface area (Å²) < 4.78 is 5.26. The van der Waals surface area contributed by atoms with E-state index in [0.717, 1.165) is 16.9 Å². The second kappa shape index (κ2) is 10.4. The van der Waals surface area contributed by atoms with Crippen LogP contribution in [0.2, 0.25) is 5.02 Å². The number of benzene rings is 1. The van der Waals surface area contributed by atoms with Gasteiger partial charge in [0.1, 0.15) is 5.75 Å². The zero-order valence-electron chi connectivity index (χ0n) is 17.6. The highest BCUT2D eigenvalue weighted by molar-refractivity contribution is 7.16. The number of nitrogens with one attached hydrogen (secondary N) is 2. The Morgan fingerprint density at radius 3 is 2.45 bits per heavy atom. The Kier molecular flexibility index (Phi) is 7.41. The van der Waals surface area contributed by atoms with Gasteiger partial charge in [0.15, 0.2) is 0 Å². The van der Waals surface area contributed by atoms with Crippen LogP contribution in [-0.2, 0) is 4.74 Å². The molecule has 3 aromatic rings. The van der Waals surface area contributed by atoms with Crippen LogP contribution in [0.4, 0.5) is 0 Å². The van der Waals surface area contributed by atoms with Crippen LogP contribution in [0.1, 0.15) is 31.8 Å². The van der Waals surface area contributed by atoms with Gasteiger partial charge in [0.05, 0.1) is 39.1 Å². The van der Waals surface area contributed by atoms with Crippen molar-refractivity contribution < 1.29 is 19.4 Å². The van der Waals surface area contributed by atoms with Gasteiger partial charge in [-0.2, -0.15) is 5.10 Å². The zero-order chi connectivity index (χ0) is 23.4. The number of morpholine rings is 1. The molecule has 2 aromatic heterocycles. The molecule has 4 rings (SSSR count). The van der Waals surface area contributed by atoms with Crippen molar-refractivity contribution in [2.24, 2.45) is 5.10 Å². The third-order valence-corrected chi connectivity index (χ3v) is 7.26. The molecule has 33 heavy (non-hydrogen) atoms. The smallest absolute Gasteiger partial charge is 0.281 e. The summed E-state index contributed by atoms with van der Waals surface area (Å²) in [5, 5.41) is 19.0. The van der Waals surface area contributed by atoms with Crippen molar-refractivity contribution in [1.82, 2.24) is 15.9 Å². The third kappa shape index (κ3) is 5.60. The van der Waals surface area contributed by atoms with Crippen LogP contribution in [0, 0.1) is 0 Å². The Bertz CT molecular complexity index is 1180. The number of nitrogens with zero attached hydrogens (tertiary/aromatic N) is 2. The molecule has 8 nitrogen and oxygen atoms in total. The van der Waals surface area contributed by atoms with Crippen LogP contribution in [0.15, 0.2) is 46.9 Å². The summed E-state index contributed by atoms with van der Waals surface area (Å²) >= 11 is 8.39. The normalized spacial score (nSPS) is 14.8. The molecule has 0 aliphatic carbocycles. The first-order valence-corrected chi connectivity index (χ1v) is 12.1. The van der Waals surface area contributed by atoms with Gasteiger partial charge in [0, 0.05) is 23.5 Å². The number of carbonyl (C=O) groups is 2. The number of hydrazine groups is 1. The van der Waals surface area contributed by atoms with Crippen molar-refractivity contribution in [2.75, 3.05) is 26.3 Å². The largest absolute Gasteiger partial charge is 0.506 e. The topological polar surface area (TPSA) is 103 Å². The molecule has 3 N–H and O–H groups in total. The van der Waals surface area contributed by atoms with Gasteiger partial charge in [-0.25, -0.2) is 10.4 Å². The summed E-state index contributed by atoms with van der Waals surface area (Å²) in [6, 6.07) is 10.4. The molecule has 0 spiro atoms. The van der Waals surface area contributed by atoms with Crippen LogP contribution in [0.5, 0.6) is 5.75 Å². The maximum atomic E-state index is 12.5. The van der Waals surface area contributed by atoms with E-state index in [1.165, 1.54) is 11.3 Å². The first-order valence-electron chi connectivity index (χ1n) is 10.1. The molecule has 3 heterocycles. The predicted octanol–water partition coefficient (Wildman–Crippen LogP) is 3.97. The van der Waals surface area contributed by atoms with Crippen LogP contribution >= 0.6 is 34.3 Å². The Labute approximate surface area is 203 Å².